The van der Waals surface area contributed by atoms with Gasteiger partial charge >= 0.3 is 0 Å². The van der Waals surface area contributed by atoms with Crippen molar-refractivity contribution in [1.82, 2.24) is 10.2 Å². The Balaban J connectivity index is 2.25. The van der Waals surface area contributed by atoms with Crippen LogP contribution in [0.25, 0.3) is 0 Å². The lowest BCUT2D eigenvalue weighted by atomic mass is 9.89. The minimum atomic E-state index is 0.497. The predicted octanol–water partition coefficient (Wildman–Crippen LogP) is 2.74. The minimum absolute atomic E-state index is 0.497. The summed E-state index contributed by atoms with van der Waals surface area (Å²) >= 11 is 0. The predicted molar refractivity (Wildman–Crippen MR) is 73.2 cm³/mol. The van der Waals surface area contributed by atoms with Crippen molar-refractivity contribution in [2.75, 3.05) is 20.6 Å². The fourth-order valence-electron chi connectivity index (χ4n) is 2.92. The van der Waals surface area contributed by atoms with Gasteiger partial charge in [-0.3, -0.25) is 0 Å². The van der Waals surface area contributed by atoms with Crippen LogP contribution in [-0.2, 0) is 0 Å². The van der Waals surface area contributed by atoms with E-state index in [4.69, 9.17) is 0 Å². The highest BCUT2D eigenvalue weighted by Gasteiger charge is 2.27. The average molecular weight is 232 g/mol. The lowest BCUT2D eigenvalue weighted by molar-refractivity contribution is 0.204. The van der Waals surface area contributed by atoms with Crippen LogP contribution in [0.15, 0.2) is 24.3 Å². The Bertz CT molecular complexity index is 354. The van der Waals surface area contributed by atoms with Gasteiger partial charge in [-0.2, -0.15) is 0 Å². The highest BCUT2D eigenvalue weighted by molar-refractivity contribution is 5.30. The summed E-state index contributed by atoms with van der Waals surface area (Å²) in [6.07, 6.45) is 3.97. The Labute approximate surface area is 105 Å². The number of benzene rings is 1. The van der Waals surface area contributed by atoms with Crippen molar-refractivity contribution < 1.29 is 0 Å². The second-order valence-corrected chi connectivity index (χ2v) is 5.32. The molecule has 0 spiro atoms. The van der Waals surface area contributed by atoms with Crippen LogP contribution in [0.3, 0.4) is 0 Å². The van der Waals surface area contributed by atoms with Crippen molar-refractivity contribution in [2.24, 2.45) is 0 Å². The number of hydrogen-bond donors (Lipinski definition) is 1. The second kappa shape index (κ2) is 5.65. The molecule has 0 bridgehead atoms. The maximum atomic E-state index is 3.68. The van der Waals surface area contributed by atoms with E-state index in [1.165, 1.54) is 36.9 Å². The normalized spacial score (nSPS) is 22.7. The Morgan fingerprint density at radius 2 is 2.00 bits per heavy atom. The van der Waals surface area contributed by atoms with Gasteiger partial charge in [-0.25, -0.2) is 0 Å². The minimum Gasteiger partial charge on any atom is -0.312 e. The van der Waals surface area contributed by atoms with Crippen LogP contribution in [0, 0.1) is 6.92 Å². The molecule has 0 aromatic heterocycles. The third-order valence-electron chi connectivity index (χ3n) is 3.79. The van der Waals surface area contributed by atoms with Crippen molar-refractivity contribution in [3.05, 3.63) is 35.4 Å². The molecule has 1 aromatic carbocycles. The molecule has 17 heavy (non-hydrogen) atoms. The smallest absolute Gasteiger partial charge is 0.0498 e. The first kappa shape index (κ1) is 12.6. The molecule has 1 aliphatic rings. The van der Waals surface area contributed by atoms with Crippen LogP contribution in [0.1, 0.15) is 36.4 Å². The zero-order chi connectivity index (χ0) is 12.3. The molecule has 2 unspecified atom stereocenters. The molecule has 0 aliphatic carbocycles. The summed E-state index contributed by atoms with van der Waals surface area (Å²) in [6.45, 7) is 3.38. The molecule has 0 amide bonds. The Kier molecular flexibility index (Phi) is 4.19. The van der Waals surface area contributed by atoms with Crippen molar-refractivity contribution in [1.29, 1.82) is 0 Å². The zero-order valence-electron chi connectivity index (χ0n) is 11.2. The van der Waals surface area contributed by atoms with E-state index in [2.05, 4.69) is 55.5 Å². The number of nitrogens with zero attached hydrogens (tertiary/aromatic N) is 1. The number of piperidine rings is 1. The van der Waals surface area contributed by atoms with E-state index < -0.39 is 0 Å². The zero-order valence-corrected chi connectivity index (χ0v) is 11.2. The molecule has 2 nitrogen and oxygen atoms in total. The summed E-state index contributed by atoms with van der Waals surface area (Å²) in [6, 6.07) is 9.86. The third-order valence-corrected chi connectivity index (χ3v) is 3.79. The lowest BCUT2D eigenvalue weighted by Gasteiger charge is -2.36. The van der Waals surface area contributed by atoms with Crippen molar-refractivity contribution in [2.45, 2.75) is 38.3 Å². The molecule has 1 N–H and O–H groups in total. The van der Waals surface area contributed by atoms with Crippen LogP contribution < -0.4 is 5.32 Å². The summed E-state index contributed by atoms with van der Waals surface area (Å²) in [5, 5.41) is 3.68. The highest BCUT2D eigenvalue weighted by Crippen LogP contribution is 2.28. The molecule has 2 atom stereocenters. The van der Waals surface area contributed by atoms with E-state index in [9.17, 15) is 0 Å². The summed E-state index contributed by atoms with van der Waals surface area (Å²) in [5.41, 5.74) is 2.87. The number of nitrogens with one attached hydrogen (secondary N) is 1. The molecule has 1 saturated heterocycles. The average Bonchev–Trinajstić information content (AvgIpc) is 2.33. The standard InChI is InChI=1S/C15H24N2/c1-12-8-4-5-9-13(12)15(17(2)3)14-10-6-7-11-16-14/h4-5,8-9,14-16H,6-7,10-11H2,1-3H3. The molecule has 1 aliphatic heterocycles. The van der Waals surface area contributed by atoms with Gasteiger partial charge in [-0.05, 0) is 51.5 Å². The third kappa shape index (κ3) is 2.88. The van der Waals surface area contributed by atoms with E-state index in [1.54, 1.807) is 0 Å². The van der Waals surface area contributed by atoms with Gasteiger partial charge in [0.2, 0.25) is 0 Å². The Morgan fingerprint density at radius 3 is 2.59 bits per heavy atom. The molecular formula is C15H24N2. The topological polar surface area (TPSA) is 15.3 Å². The Hall–Kier alpha value is -0.860. The number of rotatable bonds is 3. The van der Waals surface area contributed by atoms with Gasteiger partial charge in [-0.15, -0.1) is 0 Å². The van der Waals surface area contributed by atoms with Crippen molar-refractivity contribution in [3.8, 4) is 0 Å². The monoisotopic (exact) mass is 232 g/mol. The maximum Gasteiger partial charge on any atom is 0.0498 e. The molecule has 1 heterocycles. The van der Waals surface area contributed by atoms with Gasteiger partial charge in [0.05, 0.1) is 0 Å². The number of aryl methyl sites for hydroxylation is 1. The second-order valence-electron chi connectivity index (χ2n) is 5.32. The van der Waals surface area contributed by atoms with Crippen LogP contribution >= 0.6 is 0 Å². The van der Waals surface area contributed by atoms with Gasteiger partial charge in [0.1, 0.15) is 0 Å². The lowest BCUT2D eigenvalue weighted by Crippen LogP contribution is -2.44. The summed E-state index contributed by atoms with van der Waals surface area (Å²) in [4.78, 5) is 2.35. The van der Waals surface area contributed by atoms with Crippen LogP contribution in [0.5, 0.6) is 0 Å². The molecule has 1 fully saturated rings. The number of likely N-dealkylation sites (N-methyl/N-ethyl adjacent to an activating group) is 1. The first-order chi connectivity index (χ1) is 8.20. The molecule has 1 aromatic rings. The van der Waals surface area contributed by atoms with E-state index in [0.29, 0.717) is 12.1 Å². The summed E-state index contributed by atoms with van der Waals surface area (Å²) in [7, 11) is 4.38. The van der Waals surface area contributed by atoms with Gasteiger partial charge < -0.3 is 10.2 Å². The molecule has 94 valence electrons. The molecule has 0 radical (unpaired) electrons. The van der Waals surface area contributed by atoms with Gasteiger partial charge in [0, 0.05) is 12.1 Å². The number of hydrogen-bond acceptors (Lipinski definition) is 2. The molecule has 2 rings (SSSR count). The van der Waals surface area contributed by atoms with E-state index >= 15 is 0 Å². The summed E-state index contributed by atoms with van der Waals surface area (Å²) < 4.78 is 0. The van der Waals surface area contributed by atoms with Crippen molar-refractivity contribution in [3.63, 3.8) is 0 Å². The molecular weight excluding hydrogens is 208 g/mol. The van der Waals surface area contributed by atoms with E-state index in [-0.39, 0.29) is 0 Å². The van der Waals surface area contributed by atoms with Gasteiger partial charge in [0.15, 0.2) is 0 Å². The quantitative estimate of drug-likeness (QED) is 0.862. The van der Waals surface area contributed by atoms with Crippen LogP contribution in [-0.4, -0.2) is 31.6 Å². The van der Waals surface area contributed by atoms with Crippen LogP contribution in [0.4, 0.5) is 0 Å². The maximum absolute atomic E-state index is 3.68. The molecule has 0 saturated carbocycles. The van der Waals surface area contributed by atoms with Crippen LogP contribution in [0.2, 0.25) is 0 Å². The Morgan fingerprint density at radius 1 is 1.24 bits per heavy atom. The van der Waals surface area contributed by atoms with E-state index in [0.717, 1.165) is 0 Å². The highest BCUT2D eigenvalue weighted by atomic mass is 15.1. The fourth-order valence-corrected chi connectivity index (χ4v) is 2.92. The fraction of sp³-hybridized carbons (Fsp3) is 0.600. The van der Waals surface area contributed by atoms with Gasteiger partial charge in [-0.1, -0.05) is 30.7 Å². The van der Waals surface area contributed by atoms with E-state index in [1.807, 2.05) is 0 Å². The van der Waals surface area contributed by atoms with Crippen molar-refractivity contribution >= 4 is 0 Å². The SMILES string of the molecule is Cc1ccccc1C(C1CCCCN1)N(C)C. The first-order valence-electron chi connectivity index (χ1n) is 6.65. The van der Waals surface area contributed by atoms with Gasteiger partial charge in [0.25, 0.3) is 0 Å². The summed E-state index contributed by atoms with van der Waals surface area (Å²) in [5.74, 6) is 0. The molecule has 2 heteroatoms. The first-order valence-corrected chi connectivity index (χ1v) is 6.65. The largest absolute Gasteiger partial charge is 0.312 e.